The molecule has 0 saturated carbocycles. The maximum absolute atomic E-state index is 5.59. The Morgan fingerprint density at radius 1 is 1.25 bits per heavy atom. The molecule has 0 amide bonds. The van der Waals surface area contributed by atoms with Crippen molar-refractivity contribution in [1.82, 2.24) is 10.3 Å². The van der Waals surface area contributed by atoms with E-state index in [0.29, 0.717) is 11.7 Å². The molecule has 0 atom stereocenters. The van der Waals surface area contributed by atoms with Crippen LogP contribution in [0.1, 0.15) is 19.4 Å². The Labute approximate surface area is 124 Å². The van der Waals surface area contributed by atoms with Crippen LogP contribution in [0.3, 0.4) is 0 Å². The molecule has 106 valence electrons. The van der Waals surface area contributed by atoms with Crippen molar-refractivity contribution < 1.29 is 4.74 Å². The Bertz CT molecular complexity index is 535. The van der Waals surface area contributed by atoms with Gasteiger partial charge in [-0.15, -0.1) is 0 Å². The number of thiocarbonyl (C=S) groups is 1. The lowest BCUT2D eigenvalue weighted by molar-refractivity contribution is 0.242. The molecular formula is C15H19N3OS. The number of nitrogens with one attached hydrogen (secondary N) is 3. The van der Waals surface area contributed by atoms with Crippen LogP contribution in [0.15, 0.2) is 42.7 Å². The summed E-state index contributed by atoms with van der Waals surface area (Å²) in [5.41, 5.74) is 2.10. The first-order chi connectivity index (χ1) is 9.63. The molecule has 0 saturated heterocycles. The summed E-state index contributed by atoms with van der Waals surface area (Å²) in [6.45, 7) is 4.71. The highest BCUT2D eigenvalue weighted by atomic mass is 32.1. The lowest BCUT2D eigenvalue weighted by Gasteiger charge is -2.12. The van der Waals surface area contributed by atoms with Crippen LogP contribution in [0.5, 0.6) is 5.75 Å². The molecule has 2 aromatic rings. The number of hydrogen-bond donors (Lipinski definition) is 3. The van der Waals surface area contributed by atoms with Gasteiger partial charge in [-0.1, -0.05) is 0 Å². The van der Waals surface area contributed by atoms with Crippen LogP contribution in [0.4, 0.5) is 5.69 Å². The van der Waals surface area contributed by atoms with Gasteiger partial charge in [-0.25, -0.2) is 0 Å². The number of aromatic amines is 1. The third-order valence-corrected chi connectivity index (χ3v) is 2.85. The number of aromatic nitrogens is 1. The van der Waals surface area contributed by atoms with Crippen LogP contribution in [-0.4, -0.2) is 16.2 Å². The highest BCUT2D eigenvalue weighted by molar-refractivity contribution is 7.80. The Kier molecular flexibility index (Phi) is 5.01. The minimum atomic E-state index is 0.179. The van der Waals surface area contributed by atoms with Crippen molar-refractivity contribution in [3.05, 3.63) is 48.3 Å². The third-order valence-electron chi connectivity index (χ3n) is 2.60. The van der Waals surface area contributed by atoms with E-state index in [9.17, 15) is 0 Å². The van der Waals surface area contributed by atoms with Crippen LogP contribution >= 0.6 is 12.2 Å². The summed E-state index contributed by atoms with van der Waals surface area (Å²) in [6, 6.07) is 9.76. The lowest BCUT2D eigenvalue weighted by Crippen LogP contribution is -2.27. The molecule has 0 aliphatic heterocycles. The van der Waals surface area contributed by atoms with Crippen molar-refractivity contribution in [2.24, 2.45) is 0 Å². The first-order valence-corrected chi connectivity index (χ1v) is 6.97. The summed E-state index contributed by atoms with van der Waals surface area (Å²) in [6.07, 6.45) is 4.01. The van der Waals surface area contributed by atoms with Crippen LogP contribution in [0.25, 0.3) is 0 Å². The van der Waals surface area contributed by atoms with E-state index in [1.807, 2.05) is 56.6 Å². The van der Waals surface area contributed by atoms with Gasteiger partial charge >= 0.3 is 0 Å². The summed E-state index contributed by atoms with van der Waals surface area (Å²) < 4.78 is 5.59. The largest absolute Gasteiger partial charge is 0.491 e. The molecule has 0 aliphatic carbocycles. The van der Waals surface area contributed by atoms with E-state index < -0.39 is 0 Å². The van der Waals surface area contributed by atoms with Crippen LogP contribution in [-0.2, 0) is 6.54 Å². The van der Waals surface area contributed by atoms with Crippen molar-refractivity contribution in [2.75, 3.05) is 5.32 Å². The topological polar surface area (TPSA) is 49.1 Å². The Morgan fingerprint density at radius 2 is 2.00 bits per heavy atom. The molecule has 4 nitrogen and oxygen atoms in total. The maximum Gasteiger partial charge on any atom is 0.171 e. The average Bonchev–Trinajstić information content (AvgIpc) is 2.91. The minimum Gasteiger partial charge on any atom is -0.491 e. The lowest BCUT2D eigenvalue weighted by atomic mass is 10.3. The minimum absolute atomic E-state index is 0.179. The van der Waals surface area contributed by atoms with Crippen molar-refractivity contribution in [3.63, 3.8) is 0 Å². The van der Waals surface area contributed by atoms with Gasteiger partial charge < -0.3 is 20.4 Å². The first kappa shape index (κ1) is 14.4. The molecule has 0 fully saturated rings. The Hall–Kier alpha value is -2.01. The number of hydrogen-bond acceptors (Lipinski definition) is 2. The molecular weight excluding hydrogens is 270 g/mol. The molecule has 20 heavy (non-hydrogen) atoms. The summed E-state index contributed by atoms with van der Waals surface area (Å²) in [5.74, 6) is 0.858. The maximum atomic E-state index is 5.59. The molecule has 5 heteroatoms. The molecule has 3 N–H and O–H groups in total. The van der Waals surface area contributed by atoms with E-state index in [2.05, 4.69) is 15.6 Å². The fourth-order valence-corrected chi connectivity index (χ4v) is 1.91. The van der Waals surface area contributed by atoms with Gasteiger partial charge in [0.25, 0.3) is 0 Å². The van der Waals surface area contributed by atoms with E-state index in [1.54, 1.807) is 0 Å². The van der Waals surface area contributed by atoms with E-state index in [-0.39, 0.29) is 6.10 Å². The Morgan fingerprint density at radius 3 is 2.60 bits per heavy atom. The molecule has 0 radical (unpaired) electrons. The van der Waals surface area contributed by atoms with Gasteiger partial charge in [-0.3, -0.25) is 0 Å². The van der Waals surface area contributed by atoms with E-state index >= 15 is 0 Å². The molecule has 0 unspecified atom stereocenters. The monoisotopic (exact) mass is 289 g/mol. The molecule has 1 heterocycles. The van der Waals surface area contributed by atoms with Gasteiger partial charge in [0, 0.05) is 24.6 Å². The average molecular weight is 289 g/mol. The SMILES string of the molecule is CC(C)Oc1ccc(NC(=S)NCc2cc[nH]c2)cc1. The summed E-state index contributed by atoms with van der Waals surface area (Å²) in [5, 5.41) is 6.89. The van der Waals surface area contributed by atoms with E-state index in [4.69, 9.17) is 17.0 Å². The quantitative estimate of drug-likeness (QED) is 0.739. The van der Waals surface area contributed by atoms with Gasteiger partial charge in [0.1, 0.15) is 5.75 Å². The van der Waals surface area contributed by atoms with Gasteiger partial charge in [-0.05, 0) is 62.0 Å². The highest BCUT2D eigenvalue weighted by Crippen LogP contribution is 2.16. The predicted octanol–water partition coefficient (Wildman–Crippen LogP) is 3.29. The van der Waals surface area contributed by atoms with E-state index in [1.165, 1.54) is 0 Å². The number of benzene rings is 1. The second-order valence-corrected chi connectivity index (χ2v) is 5.13. The zero-order valence-electron chi connectivity index (χ0n) is 11.6. The van der Waals surface area contributed by atoms with Crippen molar-refractivity contribution >= 4 is 23.0 Å². The number of H-pyrrole nitrogens is 1. The molecule has 0 bridgehead atoms. The van der Waals surface area contributed by atoms with E-state index in [0.717, 1.165) is 17.0 Å². The molecule has 0 spiro atoms. The van der Waals surface area contributed by atoms with Gasteiger partial charge in [0.2, 0.25) is 0 Å². The highest BCUT2D eigenvalue weighted by Gasteiger charge is 2.00. The molecule has 0 aliphatic rings. The zero-order chi connectivity index (χ0) is 14.4. The summed E-state index contributed by atoms with van der Waals surface area (Å²) in [7, 11) is 0. The summed E-state index contributed by atoms with van der Waals surface area (Å²) in [4.78, 5) is 3.01. The van der Waals surface area contributed by atoms with Crippen LogP contribution < -0.4 is 15.4 Å². The Balaban J connectivity index is 1.81. The van der Waals surface area contributed by atoms with Crippen LogP contribution in [0.2, 0.25) is 0 Å². The zero-order valence-corrected chi connectivity index (χ0v) is 12.5. The molecule has 2 rings (SSSR count). The van der Waals surface area contributed by atoms with Crippen molar-refractivity contribution in [1.29, 1.82) is 0 Å². The number of ether oxygens (including phenoxy) is 1. The second-order valence-electron chi connectivity index (χ2n) is 4.72. The fraction of sp³-hybridized carbons (Fsp3) is 0.267. The molecule has 1 aromatic carbocycles. The number of anilines is 1. The summed E-state index contributed by atoms with van der Waals surface area (Å²) >= 11 is 5.25. The fourth-order valence-electron chi connectivity index (χ4n) is 1.72. The van der Waals surface area contributed by atoms with Gasteiger partial charge in [0.15, 0.2) is 5.11 Å². The van der Waals surface area contributed by atoms with Crippen molar-refractivity contribution in [3.8, 4) is 5.75 Å². The normalized spacial score (nSPS) is 10.3. The first-order valence-electron chi connectivity index (χ1n) is 6.57. The second kappa shape index (κ2) is 6.96. The predicted molar refractivity (Wildman–Crippen MR) is 86.1 cm³/mol. The van der Waals surface area contributed by atoms with Gasteiger partial charge in [0.05, 0.1) is 6.10 Å². The van der Waals surface area contributed by atoms with Crippen molar-refractivity contribution in [2.45, 2.75) is 26.5 Å². The number of rotatable bonds is 5. The van der Waals surface area contributed by atoms with Crippen LogP contribution in [0, 0.1) is 0 Å². The standard InChI is InChI=1S/C15H19N3OS/c1-11(2)19-14-5-3-13(4-6-14)18-15(20)17-10-12-7-8-16-9-12/h3-9,11,16H,10H2,1-2H3,(H2,17,18,20). The molecule has 1 aromatic heterocycles. The van der Waals surface area contributed by atoms with Gasteiger partial charge in [-0.2, -0.15) is 0 Å². The smallest absolute Gasteiger partial charge is 0.171 e. The third kappa shape index (κ3) is 4.59.